The van der Waals surface area contributed by atoms with Crippen molar-refractivity contribution < 1.29 is 0 Å². The smallest absolute Gasteiger partial charge is 0.186 e. The van der Waals surface area contributed by atoms with Gasteiger partial charge in [0.1, 0.15) is 4.60 Å². The summed E-state index contributed by atoms with van der Waals surface area (Å²) in [5.41, 5.74) is 5.86. The predicted molar refractivity (Wildman–Crippen MR) is 89.1 cm³/mol. The Kier molecular flexibility index (Phi) is 5.56. The molecule has 106 valence electrons. The van der Waals surface area contributed by atoms with Crippen molar-refractivity contribution in [3.8, 4) is 0 Å². The minimum atomic E-state index is 0.255. The van der Waals surface area contributed by atoms with Crippen LogP contribution >= 0.6 is 39.5 Å². The number of halogens is 1. The van der Waals surface area contributed by atoms with E-state index in [2.05, 4.69) is 37.6 Å². The van der Waals surface area contributed by atoms with Crippen molar-refractivity contribution in [2.24, 2.45) is 5.73 Å². The van der Waals surface area contributed by atoms with Crippen molar-refractivity contribution in [3.63, 3.8) is 0 Å². The summed E-state index contributed by atoms with van der Waals surface area (Å²) in [6, 6.07) is 0.255. The fourth-order valence-electron chi connectivity index (χ4n) is 2.39. The van der Waals surface area contributed by atoms with Crippen LogP contribution in [-0.4, -0.2) is 47.1 Å². The molecule has 1 aliphatic rings. The van der Waals surface area contributed by atoms with Crippen LogP contribution in [0.4, 0.5) is 5.13 Å². The Morgan fingerprint density at radius 3 is 2.68 bits per heavy atom. The van der Waals surface area contributed by atoms with E-state index in [0.29, 0.717) is 4.99 Å². The second-order valence-corrected chi connectivity index (χ2v) is 6.80. The van der Waals surface area contributed by atoms with Gasteiger partial charge in [-0.25, -0.2) is 4.98 Å². The second kappa shape index (κ2) is 6.97. The monoisotopic (exact) mass is 362 g/mol. The molecule has 19 heavy (non-hydrogen) atoms. The Hall–Kier alpha value is -0.240. The van der Waals surface area contributed by atoms with Crippen LogP contribution in [-0.2, 0) is 0 Å². The van der Waals surface area contributed by atoms with Crippen LogP contribution in [0, 0.1) is 0 Å². The van der Waals surface area contributed by atoms with E-state index in [1.54, 1.807) is 11.3 Å². The minimum Gasteiger partial charge on any atom is -0.392 e. The number of anilines is 1. The molecule has 2 heterocycles. The summed E-state index contributed by atoms with van der Waals surface area (Å²) < 4.78 is 0.918. The van der Waals surface area contributed by atoms with Gasteiger partial charge in [0, 0.05) is 31.6 Å². The first kappa shape index (κ1) is 15.2. The Morgan fingerprint density at radius 2 is 2.21 bits per heavy atom. The molecular weight excluding hydrogens is 344 g/mol. The summed E-state index contributed by atoms with van der Waals surface area (Å²) in [7, 11) is 0. The Bertz CT molecular complexity index is 429. The number of rotatable bonds is 5. The predicted octanol–water partition coefficient (Wildman–Crippen LogP) is 2.48. The molecule has 0 spiro atoms. The van der Waals surface area contributed by atoms with Crippen LogP contribution in [0.5, 0.6) is 0 Å². The number of hydrogen-bond acceptors (Lipinski definition) is 5. The molecule has 7 heteroatoms. The van der Waals surface area contributed by atoms with Gasteiger partial charge in [0.15, 0.2) is 5.13 Å². The van der Waals surface area contributed by atoms with Gasteiger partial charge in [-0.1, -0.05) is 25.6 Å². The van der Waals surface area contributed by atoms with E-state index in [9.17, 15) is 0 Å². The fraction of sp³-hybridized carbons (Fsp3) is 0.667. The van der Waals surface area contributed by atoms with Crippen molar-refractivity contribution in [1.29, 1.82) is 0 Å². The lowest BCUT2D eigenvalue weighted by molar-refractivity contribution is 0.219. The lowest BCUT2D eigenvalue weighted by Crippen LogP contribution is -2.53. The van der Waals surface area contributed by atoms with Crippen LogP contribution in [0.1, 0.15) is 19.8 Å². The average molecular weight is 363 g/mol. The zero-order chi connectivity index (χ0) is 13.8. The second-order valence-electron chi connectivity index (χ2n) is 4.68. The molecule has 2 N–H and O–H groups in total. The largest absolute Gasteiger partial charge is 0.392 e. The van der Waals surface area contributed by atoms with Crippen molar-refractivity contribution in [2.45, 2.75) is 25.8 Å². The zero-order valence-corrected chi connectivity index (χ0v) is 14.2. The third-order valence-electron chi connectivity index (χ3n) is 3.38. The average Bonchev–Trinajstić information content (AvgIpc) is 2.82. The molecule has 0 radical (unpaired) electrons. The fourth-order valence-corrected chi connectivity index (χ4v) is 3.96. The molecule has 1 aliphatic heterocycles. The maximum absolute atomic E-state index is 5.86. The Labute approximate surface area is 132 Å². The third-order valence-corrected chi connectivity index (χ3v) is 5.26. The van der Waals surface area contributed by atoms with Gasteiger partial charge in [-0.15, -0.1) is 11.3 Å². The number of thiazole rings is 1. The lowest BCUT2D eigenvalue weighted by atomic mass is 10.1. The van der Waals surface area contributed by atoms with Crippen LogP contribution in [0.15, 0.2) is 9.98 Å². The topological polar surface area (TPSA) is 45.4 Å². The SMILES string of the molecule is CCCC(C(N)=S)N1CCN(c2nc(Br)cs2)CC1. The zero-order valence-electron chi connectivity index (χ0n) is 11.0. The van der Waals surface area contributed by atoms with Crippen molar-refractivity contribution >= 4 is 49.6 Å². The van der Waals surface area contributed by atoms with Crippen LogP contribution < -0.4 is 10.6 Å². The molecule has 0 bridgehead atoms. The Balaban J connectivity index is 1.92. The highest BCUT2D eigenvalue weighted by Gasteiger charge is 2.25. The molecule has 0 aliphatic carbocycles. The molecule has 0 amide bonds. The third kappa shape index (κ3) is 3.87. The summed E-state index contributed by atoms with van der Waals surface area (Å²) in [6.07, 6.45) is 2.17. The summed E-state index contributed by atoms with van der Waals surface area (Å²) in [4.78, 5) is 9.84. The number of piperazine rings is 1. The number of hydrogen-bond donors (Lipinski definition) is 1. The number of aromatic nitrogens is 1. The van der Waals surface area contributed by atoms with Crippen LogP contribution in [0.2, 0.25) is 0 Å². The molecule has 0 aromatic carbocycles. The van der Waals surface area contributed by atoms with Crippen molar-refractivity contribution in [3.05, 3.63) is 9.98 Å². The molecule has 0 saturated carbocycles. The molecular formula is C12H19BrN4S2. The first-order valence-corrected chi connectivity index (χ1v) is 8.59. The van der Waals surface area contributed by atoms with Gasteiger partial charge in [-0.05, 0) is 22.4 Å². The number of nitrogens with zero attached hydrogens (tertiary/aromatic N) is 3. The maximum Gasteiger partial charge on any atom is 0.186 e. The van der Waals surface area contributed by atoms with Gasteiger partial charge in [0.2, 0.25) is 0 Å². The van der Waals surface area contributed by atoms with E-state index < -0.39 is 0 Å². The molecule has 1 fully saturated rings. The van der Waals surface area contributed by atoms with Gasteiger partial charge >= 0.3 is 0 Å². The first-order chi connectivity index (χ1) is 9.11. The van der Waals surface area contributed by atoms with E-state index in [0.717, 1.165) is 48.8 Å². The highest BCUT2D eigenvalue weighted by molar-refractivity contribution is 9.10. The number of nitrogens with two attached hydrogens (primary N) is 1. The lowest BCUT2D eigenvalue weighted by Gasteiger charge is -2.38. The molecule has 2 rings (SSSR count). The summed E-state index contributed by atoms with van der Waals surface area (Å²) in [5.74, 6) is 0. The summed E-state index contributed by atoms with van der Waals surface area (Å²) in [6.45, 7) is 6.15. The molecule has 4 nitrogen and oxygen atoms in total. The van der Waals surface area contributed by atoms with Gasteiger partial charge < -0.3 is 10.6 Å². The standard InChI is InChI=1S/C12H19BrN4S2/c1-2-3-9(11(14)18)16-4-6-17(7-5-16)12-15-10(13)8-19-12/h8-9H,2-7H2,1H3,(H2,14,18). The highest BCUT2D eigenvalue weighted by Crippen LogP contribution is 2.25. The van der Waals surface area contributed by atoms with Gasteiger partial charge in [-0.2, -0.15) is 0 Å². The highest BCUT2D eigenvalue weighted by atomic mass is 79.9. The van der Waals surface area contributed by atoms with Crippen molar-refractivity contribution in [1.82, 2.24) is 9.88 Å². The normalized spacial score (nSPS) is 18.5. The van der Waals surface area contributed by atoms with Gasteiger partial charge in [-0.3, -0.25) is 4.90 Å². The summed E-state index contributed by atoms with van der Waals surface area (Å²) in [5, 5.41) is 3.12. The van der Waals surface area contributed by atoms with Crippen LogP contribution in [0.3, 0.4) is 0 Å². The molecule has 1 atom stereocenters. The van der Waals surface area contributed by atoms with Crippen molar-refractivity contribution in [2.75, 3.05) is 31.1 Å². The van der Waals surface area contributed by atoms with E-state index in [1.165, 1.54) is 0 Å². The molecule has 1 aromatic heterocycles. The molecule has 1 aromatic rings. The summed E-state index contributed by atoms with van der Waals surface area (Å²) >= 11 is 10.3. The van der Waals surface area contributed by atoms with E-state index in [1.807, 2.05) is 5.38 Å². The van der Waals surface area contributed by atoms with E-state index in [4.69, 9.17) is 18.0 Å². The molecule has 1 saturated heterocycles. The quantitative estimate of drug-likeness (QED) is 0.815. The molecule has 1 unspecified atom stereocenters. The van der Waals surface area contributed by atoms with Gasteiger partial charge in [0.25, 0.3) is 0 Å². The van der Waals surface area contributed by atoms with E-state index in [-0.39, 0.29) is 6.04 Å². The Morgan fingerprint density at radius 1 is 1.53 bits per heavy atom. The van der Waals surface area contributed by atoms with Gasteiger partial charge in [0.05, 0.1) is 11.0 Å². The first-order valence-electron chi connectivity index (χ1n) is 6.51. The van der Waals surface area contributed by atoms with Crippen LogP contribution in [0.25, 0.3) is 0 Å². The van der Waals surface area contributed by atoms with E-state index >= 15 is 0 Å². The maximum atomic E-state index is 5.86. The number of thiocarbonyl (C=S) groups is 1. The minimum absolute atomic E-state index is 0.255.